The van der Waals surface area contributed by atoms with Crippen LogP contribution in [0.3, 0.4) is 0 Å². The molecule has 21 heavy (non-hydrogen) atoms. The number of para-hydroxylation sites is 1. The summed E-state index contributed by atoms with van der Waals surface area (Å²) in [6, 6.07) is 12.0. The standard InChI is InChI=1S/C16H13NO4/c18-14-10-16(21-15-6-2-1-5-13(14)15)20-9-8-19-12-4-3-7-17-11-12/h1-7,10-11H,8-9H2. The Morgan fingerprint density at radius 3 is 2.76 bits per heavy atom. The van der Waals surface area contributed by atoms with E-state index in [0.717, 1.165) is 0 Å². The summed E-state index contributed by atoms with van der Waals surface area (Å²) in [7, 11) is 0. The molecule has 0 bridgehead atoms. The van der Waals surface area contributed by atoms with Crippen LogP contribution in [0.25, 0.3) is 11.0 Å². The van der Waals surface area contributed by atoms with Gasteiger partial charge in [0.1, 0.15) is 24.5 Å². The van der Waals surface area contributed by atoms with Crippen molar-refractivity contribution >= 4 is 11.0 Å². The predicted octanol–water partition coefficient (Wildman–Crippen LogP) is 2.65. The van der Waals surface area contributed by atoms with Gasteiger partial charge in [0.25, 0.3) is 5.95 Å². The summed E-state index contributed by atoms with van der Waals surface area (Å²) in [5.74, 6) is 0.856. The van der Waals surface area contributed by atoms with Crippen LogP contribution in [0.2, 0.25) is 0 Å². The van der Waals surface area contributed by atoms with Crippen LogP contribution >= 0.6 is 0 Å². The van der Waals surface area contributed by atoms with Gasteiger partial charge in [-0.2, -0.15) is 0 Å². The minimum absolute atomic E-state index is 0.125. The Hall–Kier alpha value is -2.82. The highest BCUT2D eigenvalue weighted by Crippen LogP contribution is 2.16. The van der Waals surface area contributed by atoms with E-state index in [-0.39, 0.29) is 18.0 Å². The lowest BCUT2D eigenvalue weighted by atomic mass is 10.2. The monoisotopic (exact) mass is 283 g/mol. The Balaban J connectivity index is 1.62. The van der Waals surface area contributed by atoms with Gasteiger partial charge in [0, 0.05) is 6.20 Å². The van der Waals surface area contributed by atoms with Crippen molar-refractivity contribution in [3.8, 4) is 11.7 Å². The first-order valence-electron chi connectivity index (χ1n) is 6.51. The number of fused-ring (bicyclic) bond motifs is 1. The Labute approximate surface area is 120 Å². The third-order valence-electron chi connectivity index (χ3n) is 2.84. The minimum atomic E-state index is -0.125. The van der Waals surface area contributed by atoms with E-state index >= 15 is 0 Å². The molecule has 0 aliphatic carbocycles. The van der Waals surface area contributed by atoms with Gasteiger partial charge >= 0.3 is 0 Å². The van der Waals surface area contributed by atoms with Gasteiger partial charge in [0.2, 0.25) is 0 Å². The van der Waals surface area contributed by atoms with Gasteiger partial charge in [-0.25, -0.2) is 0 Å². The fraction of sp³-hybridized carbons (Fsp3) is 0.125. The predicted molar refractivity (Wildman–Crippen MR) is 77.7 cm³/mol. The molecule has 0 N–H and O–H groups in total. The third-order valence-corrected chi connectivity index (χ3v) is 2.84. The van der Waals surface area contributed by atoms with Gasteiger partial charge in [-0.15, -0.1) is 0 Å². The van der Waals surface area contributed by atoms with E-state index in [0.29, 0.717) is 23.3 Å². The van der Waals surface area contributed by atoms with E-state index in [1.807, 2.05) is 6.07 Å². The highest BCUT2D eigenvalue weighted by Gasteiger charge is 2.04. The smallest absolute Gasteiger partial charge is 0.288 e. The summed E-state index contributed by atoms with van der Waals surface area (Å²) in [4.78, 5) is 15.8. The Morgan fingerprint density at radius 2 is 1.90 bits per heavy atom. The number of ether oxygens (including phenoxy) is 2. The number of aromatic nitrogens is 1. The number of nitrogens with zero attached hydrogens (tertiary/aromatic N) is 1. The highest BCUT2D eigenvalue weighted by molar-refractivity contribution is 5.76. The molecule has 0 saturated carbocycles. The average molecular weight is 283 g/mol. The van der Waals surface area contributed by atoms with Crippen molar-refractivity contribution in [3.05, 3.63) is 65.1 Å². The zero-order chi connectivity index (χ0) is 14.5. The van der Waals surface area contributed by atoms with Gasteiger partial charge < -0.3 is 13.9 Å². The lowest BCUT2D eigenvalue weighted by Crippen LogP contribution is -2.10. The zero-order valence-corrected chi connectivity index (χ0v) is 11.2. The van der Waals surface area contributed by atoms with Crippen LogP contribution in [0, 0.1) is 0 Å². The highest BCUT2D eigenvalue weighted by atomic mass is 16.6. The second-order valence-electron chi connectivity index (χ2n) is 4.31. The summed E-state index contributed by atoms with van der Waals surface area (Å²) in [6.45, 7) is 0.610. The Kier molecular flexibility index (Phi) is 3.82. The summed E-state index contributed by atoms with van der Waals surface area (Å²) in [6.07, 6.45) is 3.29. The molecular weight excluding hydrogens is 270 g/mol. The first-order chi connectivity index (χ1) is 10.3. The molecule has 0 fully saturated rings. The Bertz CT molecular complexity index is 783. The molecule has 5 nitrogen and oxygen atoms in total. The topological polar surface area (TPSA) is 61.6 Å². The van der Waals surface area contributed by atoms with Crippen molar-refractivity contribution in [2.45, 2.75) is 0 Å². The van der Waals surface area contributed by atoms with Crippen LogP contribution in [0.15, 0.2) is 64.1 Å². The molecule has 3 rings (SSSR count). The van der Waals surface area contributed by atoms with E-state index in [1.54, 1.807) is 42.7 Å². The zero-order valence-electron chi connectivity index (χ0n) is 11.2. The minimum Gasteiger partial charge on any atom is -0.488 e. The SMILES string of the molecule is O=c1cc(OCCOc2cccnc2)oc2ccccc12. The first-order valence-corrected chi connectivity index (χ1v) is 6.51. The quantitative estimate of drug-likeness (QED) is 0.674. The number of pyridine rings is 1. The second-order valence-corrected chi connectivity index (χ2v) is 4.31. The maximum absolute atomic E-state index is 11.9. The van der Waals surface area contributed by atoms with Crippen LogP contribution in [0.4, 0.5) is 0 Å². The molecule has 3 aromatic rings. The lowest BCUT2D eigenvalue weighted by Gasteiger charge is -2.07. The second kappa shape index (κ2) is 6.09. The van der Waals surface area contributed by atoms with Gasteiger partial charge in [0.15, 0.2) is 5.43 Å². The van der Waals surface area contributed by atoms with Gasteiger partial charge in [-0.05, 0) is 24.3 Å². The van der Waals surface area contributed by atoms with Gasteiger partial charge in [-0.1, -0.05) is 12.1 Å². The molecule has 0 atom stereocenters. The molecule has 0 unspecified atom stereocenters. The fourth-order valence-corrected chi connectivity index (χ4v) is 1.89. The molecule has 5 heteroatoms. The van der Waals surface area contributed by atoms with Crippen LogP contribution < -0.4 is 14.9 Å². The molecule has 106 valence electrons. The van der Waals surface area contributed by atoms with Crippen molar-refractivity contribution in [2.75, 3.05) is 13.2 Å². The number of hydrogen-bond acceptors (Lipinski definition) is 5. The fourth-order valence-electron chi connectivity index (χ4n) is 1.89. The maximum Gasteiger partial charge on any atom is 0.288 e. The lowest BCUT2D eigenvalue weighted by molar-refractivity contribution is 0.184. The van der Waals surface area contributed by atoms with E-state index in [4.69, 9.17) is 13.9 Å². The Morgan fingerprint density at radius 1 is 1.05 bits per heavy atom. The van der Waals surface area contributed by atoms with Crippen molar-refractivity contribution in [2.24, 2.45) is 0 Å². The molecule has 2 heterocycles. The number of benzene rings is 1. The summed E-state index contributed by atoms with van der Waals surface area (Å²) >= 11 is 0. The molecular formula is C16H13NO4. The van der Waals surface area contributed by atoms with Crippen molar-refractivity contribution in [1.29, 1.82) is 0 Å². The maximum atomic E-state index is 11.9. The molecule has 0 amide bonds. The molecule has 0 radical (unpaired) electrons. The summed E-state index contributed by atoms with van der Waals surface area (Å²) in [5.41, 5.74) is 0.383. The van der Waals surface area contributed by atoms with E-state index in [9.17, 15) is 4.79 Å². The van der Waals surface area contributed by atoms with E-state index in [2.05, 4.69) is 4.98 Å². The van der Waals surface area contributed by atoms with Crippen molar-refractivity contribution < 1.29 is 13.9 Å². The molecule has 0 aliphatic heterocycles. The van der Waals surface area contributed by atoms with Gasteiger partial charge in [-0.3, -0.25) is 9.78 Å². The first kappa shape index (κ1) is 13.2. The van der Waals surface area contributed by atoms with Crippen LogP contribution in [-0.2, 0) is 0 Å². The van der Waals surface area contributed by atoms with Crippen LogP contribution in [-0.4, -0.2) is 18.2 Å². The molecule has 0 saturated heterocycles. The molecule has 0 aliphatic rings. The van der Waals surface area contributed by atoms with E-state index in [1.165, 1.54) is 6.07 Å². The average Bonchev–Trinajstić information content (AvgIpc) is 2.53. The summed E-state index contributed by atoms with van der Waals surface area (Å²) in [5, 5.41) is 0.538. The van der Waals surface area contributed by atoms with Crippen LogP contribution in [0.1, 0.15) is 0 Å². The summed E-state index contributed by atoms with van der Waals surface area (Å²) < 4.78 is 16.3. The largest absolute Gasteiger partial charge is 0.488 e. The molecule has 2 aromatic heterocycles. The number of rotatable bonds is 5. The van der Waals surface area contributed by atoms with Gasteiger partial charge in [0.05, 0.1) is 17.6 Å². The third kappa shape index (κ3) is 3.20. The normalized spacial score (nSPS) is 10.5. The van der Waals surface area contributed by atoms with E-state index < -0.39 is 0 Å². The van der Waals surface area contributed by atoms with Crippen LogP contribution in [0.5, 0.6) is 11.7 Å². The van der Waals surface area contributed by atoms with Crippen molar-refractivity contribution in [1.82, 2.24) is 4.98 Å². The molecule has 0 spiro atoms. The molecule has 1 aromatic carbocycles. The number of hydrogen-bond donors (Lipinski definition) is 0. The van der Waals surface area contributed by atoms with Crippen molar-refractivity contribution in [3.63, 3.8) is 0 Å².